The molecule has 0 saturated carbocycles. The van der Waals surface area contributed by atoms with Crippen molar-refractivity contribution in [1.82, 2.24) is 5.32 Å². The van der Waals surface area contributed by atoms with Crippen molar-refractivity contribution in [1.29, 1.82) is 0 Å². The summed E-state index contributed by atoms with van der Waals surface area (Å²) < 4.78 is 5.26. The Morgan fingerprint density at radius 2 is 2.20 bits per heavy atom. The standard InChI is InChI=1S/C12H20N2O/c1-3-4-7-14-9-10-5-6-11(13)8-12(10)15-2/h5-6,8,14H,3-4,7,9,13H2,1-2H3. The average Bonchev–Trinajstić information content (AvgIpc) is 2.26. The van der Waals surface area contributed by atoms with E-state index < -0.39 is 0 Å². The van der Waals surface area contributed by atoms with E-state index in [1.807, 2.05) is 18.2 Å². The van der Waals surface area contributed by atoms with E-state index in [1.54, 1.807) is 7.11 Å². The van der Waals surface area contributed by atoms with Gasteiger partial charge in [0.25, 0.3) is 0 Å². The zero-order valence-electron chi connectivity index (χ0n) is 9.55. The van der Waals surface area contributed by atoms with Crippen LogP contribution in [0.15, 0.2) is 18.2 Å². The molecule has 0 aliphatic heterocycles. The molecule has 15 heavy (non-hydrogen) atoms. The molecule has 1 aromatic carbocycles. The Kier molecular flexibility index (Phi) is 4.98. The first-order chi connectivity index (χ1) is 7.27. The molecule has 0 aromatic heterocycles. The van der Waals surface area contributed by atoms with Gasteiger partial charge in [0.1, 0.15) is 5.75 Å². The molecule has 84 valence electrons. The van der Waals surface area contributed by atoms with Gasteiger partial charge in [0.05, 0.1) is 7.11 Å². The van der Waals surface area contributed by atoms with Crippen molar-refractivity contribution in [2.24, 2.45) is 0 Å². The van der Waals surface area contributed by atoms with Crippen molar-refractivity contribution in [3.63, 3.8) is 0 Å². The van der Waals surface area contributed by atoms with E-state index in [9.17, 15) is 0 Å². The summed E-state index contributed by atoms with van der Waals surface area (Å²) in [7, 11) is 1.67. The molecule has 0 unspecified atom stereocenters. The number of unbranched alkanes of at least 4 members (excludes halogenated alkanes) is 1. The lowest BCUT2D eigenvalue weighted by Gasteiger charge is -2.10. The van der Waals surface area contributed by atoms with Crippen LogP contribution in [-0.4, -0.2) is 13.7 Å². The Bertz CT molecular complexity index is 300. The maximum atomic E-state index is 5.68. The minimum Gasteiger partial charge on any atom is -0.496 e. The van der Waals surface area contributed by atoms with Crippen LogP contribution in [0.1, 0.15) is 25.3 Å². The predicted molar refractivity (Wildman–Crippen MR) is 64.0 cm³/mol. The zero-order valence-corrected chi connectivity index (χ0v) is 9.55. The van der Waals surface area contributed by atoms with Gasteiger partial charge < -0.3 is 15.8 Å². The van der Waals surface area contributed by atoms with Crippen molar-refractivity contribution < 1.29 is 4.74 Å². The molecule has 3 N–H and O–H groups in total. The van der Waals surface area contributed by atoms with E-state index in [0.717, 1.165) is 30.1 Å². The highest BCUT2D eigenvalue weighted by atomic mass is 16.5. The Morgan fingerprint density at radius 1 is 1.40 bits per heavy atom. The van der Waals surface area contributed by atoms with Crippen molar-refractivity contribution in [2.45, 2.75) is 26.3 Å². The van der Waals surface area contributed by atoms with Crippen molar-refractivity contribution >= 4 is 5.69 Å². The highest BCUT2D eigenvalue weighted by molar-refractivity contribution is 5.48. The average molecular weight is 208 g/mol. The van der Waals surface area contributed by atoms with Crippen molar-refractivity contribution in [3.05, 3.63) is 23.8 Å². The number of rotatable bonds is 6. The first-order valence-corrected chi connectivity index (χ1v) is 5.41. The number of nitrogens with two attached hydrogens (primary N) is 1. The summed E-state index contributed by atoms with van der Waals surface area (Å²) in [4.78, 5) is 0. The van der Waals surface area contributed by atoms with E-state index in [0.29, 0.717) is 0 Å². The summed E-state index contributed by atoms with van der Waals surface area (Å²) in [5, 5.41) is 3.38. The Morgan fingerprint density at radius 3 is 2.87 bits per heavy atom. The summed E-state index contributed by atoms with van der Waals surface area (Å²) in [5.74, 6) is 0.860. The summed E-state index contributed by atoms with van der Waals surface area (Å²) in [5.41, 5.74) is 7.57. The van der Waals surface area contributed by atoms with Gasteiger partial charge in [-0.25, -0.2) is 0 Å². The first-order valence-electron chi connectivity index (χ1n) is 5.41. The lowest BCUT2D eigenvalue weighted by molar-refractivity contribution is 0.408. The minimum absolute atomic E-state index is 0.740. The summed E-state index contributed by atoms with van der Waals surface area (Å²) in [6, 6.07) is 5.77. The molecule has 0 bridgehead atoms. The molecule has 0 aliphatic rings. The number of hydrogen-bond acceptors (Lipinski definition) is 3. The molecule has 1 rings (SSSR count). The van der Waals surface area contributed by atoms with Gasteiger partial charge in [0.15, 0.2) is 0 Å². The number of nitrogen functional groups attached to an aromatic ring is 1. The fourth-order valence-electron chi connectivity index (χ4n) is 1.43. The zero-order chi connectivity index (χ0) is 11.1. The topological polar surface area (TPSA) is 47.3 Å². The van der Waals surface area contributed by atoms with Gasteiger partial charge in [0.2, 0.25) is 0 Å². The fraction of sp³-hybridized carbons (Fsp3) is 0.500. The van der Waals surface area contributed by atoms with Crippen LogP contribution in [0.3, 0.4) is 0 Å². The lowest BCUT2D eigenvalue weighted by atomic mass is 10.2. The summed E-state index contributed by atoms with van der Waals surface area (Å²) >= 11 is 0. The molecule has 3 nitrogen and oxygen atoms in total. The molecule has 0 spiro atoms. The molecular weight excluding hydrogens is 188 g/mol. The van der Waals surface area contributed by atoms with E-state index in [1.165, 1.54) is 12.8 Å². The van der Waals surface area contributed by atoms with Crippen LogP contribution in [-0.2, 0) is 6.54 Å². The third-order valence-electron chi connectivity index (χ3n) is 2.33. The Labute approximate surface area is 91.6 Å². The molecule has 0 heterocycles. The lowest BCUT2D eigenvalue weighted by Crippen LogP contribution is -2.15. The van der Waals surface area contributed by atoms with Gasteiger partial charge in [0, 0.05) is 23.9 Å². The van der Waals surface area contributed by atoms with Gasteiger partial charge in [-0.3, -0.25) is 0 Å². The van der Waals surface area contributed by atoms with Crippen LogP contribution in [0.4, 0.5) is 5.69 Å². The number of benzene rings is 1. The van der Waals surface area contributed by atoms with Crippen LogP contribution >= 0.6 is 0 Å². The SMILES string of the molecule is CCCCNCc1ccc(N)cc1OC. The molecule has 0 atom stereocenters. The molecule has 0 radical (unpaired) electrons. The molecule has 3 heteroatoms. The number of ether oxygens (including phenoxy) is 1. The monoisotopic (exact) mass is 208 g/mol. The Balaban J connectivity index is 2.52. The van der Waals surface area contributed by atoms with Crippen LogP contribution in [0.5, 0.6) is 5.75 Å². The quantitative estimate of drug-likeness (QED) is 0.556. The number of anilines is 1. The third kappa shape index (κ3) is 3.80. The first kappa shape index (κ1) is 11.9. The number of methoxy groups -OCH3 is 1. The van der Waals surface area contributed by atoms with E-state index in [2.05, 4.69) is 12.2 Å². The van der Waals surface area contributed by atoms with Crippen LogP contribution in [0, 0.1) is 0 Å². The van der Waals surface area contributed by atoms with E-state index in [4.69, 9.17) is 10.5 Å². The highest BCUT2D eigenvalue weighted by Crippen LogP contribution is 2.21. The largest absolute Gasteiger partial charge is 0.496 e. The van der Waals surface area contributed by atoms with E-state index >= 15 is 0 Å². The third-order valence-corrected chi connectivity index (χ3v) is 2.33. The molecule has 0 fully saturated rings. The smallest absolute Gasteiger partial charge is 0.125 e. The fourth-order valence-corrected chi connectivity index (χ4v) is 1.43. The van der Waals surface area contributed by atoms with Gasteiger partial charge in [-0.2, -0.15) is 0 Å². The summed E-state index contributed by atoms with van der Waals surface area (Å²) in [6.45, 7) is 4.07. The second-order valence-electron chi connectivity index (χ2n) is 3.60. The van der Waals surface area contributed by atoms with Gasteiger partial charge in [-0.05, 0) is 19.0 Å². The van der Waals surface area contributed by atoms with Gasteiger partial charge in [-0.15, -0.1) is 0 Å². The van der Waals surface area contributed by atoms with Gasteiger partial charge in [-0.1, -0.05) is 19.4 Å². The van der Waals surface area contributed by atoms with Gasteiger partial charge >= 0.3 is 0 Å². The molecule has 0 amide bonds. The molecular formula is C12H20N2O. The summed E-state index contributed by atoms with van der Waals surface area (Å²) in [6.07, 6.45) is 2.42. The van der Waals surface area contributed by atoms with Crippen molar-refractivity contribution in [3.8, 4) is 5.75 Å². The normalized spacial score (nSPS) is 10.3. The molecule has 0 saturated heterocycles. The second-order valence-corrected chi connectivity index (χ2v) is 3.60. The predicted octanol–water partition coefficient (Wildman–Crippen LogP) is 2.17. The molecule has 0 aliphatic carbocycles. The highest BCUT2D eigenvalue weighted by Gasteiger charge is 2.02. The molecule has 1 aromatic rings. The van der Waals surface area contributed by atoms with Crippen LogP contribution in [0.2, 0.25) is 0 Å². The van der Waals surface area contributed by atoms with Crippen molar-refractivity contribution in [2.75, 3.05) is 19.4 Å². The van der Waals surface area contributed by atoms with Crippen LogP contribution < -0.4 is 15.8 Å². The Hall–Kier alpha value is -1.22. The number of nitrogens with one attached hydrogen (secondary N) is 1. The second kappa shape index (κ2) is 6.30. The van der Waals surface area contributed by atoms with Crippen LogP contribution in [0.25, 0.3) is 0 Å². The maximum absolute atomic E-state index is 5.68. The maximum Gasteiger partial charge on any atom is 0.125 e. The minimum atomic E-state index is 0.740. The number of hydrogen-bond donors (Lipinski definition) is 2. The van der Waals surface area contributed by atoms with E-state index in [-0.39, 0.29) is 0 Å².